The smallest absolute Gasteiger partial charge is 0.191 e. The van der Waals surface area contributed by atoms with Crippen molar-refractivity contribution in [3.05, 3.63) is 53.7 Å². The molecule has 2 heterocycles. The highest BCUT2D eigenvalue weighted by Crippen LogP contribution is 2.16. The number of nitrogens with one attached hydrogen (secondary N) is 2. The molecule has 0 radical (unpaired) electrons. The van der Waals surface area contributed by atoms with E-state index in [1.54, 1.807) is 14.2 Å². The van der Waals surface area contributed by atoms with Gasteiger partial charge in [-0.1, -0.05) is 12.1 Å². The van der Waals surface area contributed by atoms with Crippen molar-refractivity contribution >= 4 is 35.8 Å². The molecule has 2 aromatic rings. The van der Waals surface area contributed by atoms with E-state index in [4.69, 9.17) is 9.47 Å². The zero-order valence-corrected chi connectivity index (χ0v) is 21.7. The van der Waals surface area contributed by atoms with Crippen LogP contribution in [0.4, 0.5) is 5.82 Å². The Labute approximate surface area is 209 Å². The normalized spacial score (nSPS) is 16.3. The van der Waals surface area contributed by atoms with E-state index < -0.39 is 0 Å². The van der Waals surface area contributed by atoms with Gasteiger partial charge in [0.05, 0.1) is 19.8 Å². The topological polar surface area (TPSA) is 71.0 Å². The third-order valence-corrected chi connectivity index (χ3v) is 5.40. The first kappa shape index (κ1) is 26.2. The van der Waals surface area contributed by atoms with Crippen molar-refractivity contribution in [2.75, 3.05) is 45.3 Å². The Bertz CT molecular complexity index is 831. The van der Waals surface area contributed by atoms with Crippen LogP contribution < -0.4 is 20.3 Å². The van der Waals surface area contributed by atoms with Crippen LogP contribution in [-0.2, 0) is 17.7 Å². The number of ether oxygens (including phenoxy) is 2. The standard InChI is InChI=1S/C24H35N5O2.HI/c1-19-18-29(14-15-31-19)23-16-21(11-13-26-23)17-28-24(25-2)27-12-5-4-6-20-7-9-22(30-3)10-8-20;/h7-11,13,16,19H,4-6,12,14-15,17-18H2,1-3H3,(H2,25,27,28);1H. The van der Waals surface area contributed by atoms with Gasteiger partial charge >= 0.3 is 0 Å². The van der Waals surface area contributed by atoms with Gasteiger partial charge < -0.3 is 25.0 Å². The lowest BCUT2D eigenvalue weighted by Gasteiger charge is -2.32. The predicted octanol–water partition coefficient (Wildman–Crippen LogP) is 3.62. The van der Waals surface area contributed by atoms with E-state index in [-0.39, 0.29) is 30.1 Å². The number of rotatable bonds is 9. The largest absolute Gasteiger partial charge is 0.497 e. The molecule has 0 spiro atoms. The summed E-state index contributed by atoms with van der Waals surface area (Å²) in [5, 5.41) is 6.80. The molecule has 2 N–H and O–H groups in total. The molecule has 1 atom stereocenters. The van der Waals surface area contributed by atoms with Crippen molar-refractivity contribution in [3.8, 4) is 5.75 Å². The molecule has 0 bridgehead atoms. The van der Waals surface area contributed by atoms with Crippen LogP contribution in [0.3, 0.4) is 0 Å². The maximum absolute atomic E-state index is 5.63. The summed E-state index contributed by atoms with van der Waals surface area (Å²) in [7, 11) is 3.50. The quantitative estimate of drug-likeness (QED) is 0.214. The van der Waals surface area contributed by atoms with E-state index >= 15 is 0 Å². The number of aliphatic imine (C=N–C) groups is 1. The molecule has 176 valence electrons. The van der Waals surface area contributed by atoms with Crippen LogP contribution in [0.2, 0.25) is 0 Å². The average molecular weight is 553 g/mol. The first-order valence-corrected chi connectivity index (χ1v) is 11.1. The maximum Gasteiger partial charge on any atom is 0.191 e. The molecule has 0 aliphatic carbocycles. The Kier molecular flexibility index (Phi) is 11.6. The zero-order valence-electron chi connectivity index (χ0n) is 19.3. The number of hydrogen-bond donors (Lipinski definition) is 2. The van der Waals surface area contributed by atoms with Crippen molar-refractivity contribution < 1.29 is 9.47 Å². The number of aromatic nitrogens is 1. The number of aryl methyl sites for hydroxylation is 1. The molecule has 1 aromatic carbocycles. The van der Waals surface area contributed by atoms with Gasteiger partial charge in [0.2, 0.25) is 0 Å². The van der Waals surface area contributed by atoms with Crippen molar-refractivity contribution in [2.24, 2.45) is 4.99 Å². The van der Waals surface area contributed by atoms with E-state index in [0.717, 1.165) is 63.0 Å². The molecule has 1 aliphatic rings. The van der Waals surface area contributed by atoms with Crippen LogP contribution in [0.25, 0.3) is 0 Å². The lowest BCUT2D eigenvalue weighted by molar-refractivity contribution is 0.0529. The van der Waals surface area contributed by atoms with Crippen LogP contribution in [0.15, 0.2) is 47.6 Å². The van der Waals surface area contributed by atoms with E-state index in [1.807, 2.05) is 24.4 Å². The number of unbranched alkanes of at least 4 members (excludes halogenated alkanes) is 1. The highest BCUT2D eigenvalue weighted by atomic mass is 127. The van der Waals surface area contributed by atoms with E-state index in [1.165, 1.54) is 11.1 Å². The minimum Gasteiger partial charge on any atom is -0.497 e. The third-order valence-electron chi connectivity index (χ3n) is 5.40. The van der Waals surface area contributed by atoms with Gasteiger partial charge in [0.1, 0.15) is 11.6 Å². The van der Waals surface area contributed by atoms with Gasteiger partial charge in [0, 0.05) is 39.4 Å². The molecule has 7 nitrogen and oxygen atoms in total. The number of nitrogens with zero attached hydrogens (tertiary/aromatic N) is 3. The predicted molar refractivity (Wildman–Crippen MR) is 141 cm³/mol. The van der Waals surface area contributed by atoms with Crippen molar-refractivity contribution in [2.45, 2.75) is 38.8 Å². The minimum atomic E-state index is 0. The Balaban J connectivity index is 0.00000363. The molecule has 3 rings (SSSR count). The number of methoxy groups -OCH3 is 1. The molecule has 8 heteroatoms. The molecular weight excluding hydrogens is 517 g/mol. The van der Waals surface area contributed by atoms with Gasteiger partial charge in [-0.05, 0) is 61.6 Å². The summed E-state index contributed by atoms with van der Waals surface area (Å²) in [5.74, 6) is 2.74. The number of benzene rings is 1. The van der Waals surface area contributed by atoms with Gasteiger partial charge in [0.25, 0.3) is 0 Å². The van der Waals surface area contributed by atoms with Gasteiger partial charge in [-0.15, -0.1) is 24.0 Å². The Morgan fingerprint density at radius 3 is 2.72 bits per heavy atom. The summed E-state index contributed by atoms with van der Waals surface area (Å²) < 4.78 is 10.8. The van der Waals surface area contributed by atoms with Crippen molar-refractivity contribution in [1.82, 2.24) is 15.6 Å². The van der Waals surface area contributed by atoms with E-state index in [9.17, 15) is 0 Å². The molecule has 1 aliphatic heterocycles. The second-order valence-electron chi connectivity index (χ2n) is 7.81. The highest BCUT2D eigenvalue weighted by Gasteiger charge is 2.18. The second kappa shape index (κ2) is 14.2. The SMILES string of the molecule is CN=C(NCCCCc1ccc(OC)cc1)NCc1ccnc(N2CCOC(C)C2)c1.I. The average Bonchev–Trinajstić information content (AvgIpc) is 2.81. The Morgan fingerprint density at radius 2 is 2.00 bits per heavy atom. The second-order valence-corrected chi connectivity index (χ2v) is 7.81. The fraction of sp³-hybridized carbons (Fsp3) is 0.500. The number of hydrogen-bond acceptors (Lipinski definition) is 5. The summed E-state index contributed by atoms with van der Waals surface area (Å²) in [5.41, 5.74) is 2.53. The summed E-state index contributed by atoms with van der Waals surface area (Å²) in [6.07, 6.45) is 5.40. The number of morpholine rings is 1. The van der Waals surface area contributed by atoms with E-state index in [0.29, 0.717) is 6.54 Å². The number of pyridine rings is 1. The minimum absolute atomic E-state index is 0. The van der Waals surface area contributed by atoms with Crippen LogP contribution in [0, 0.1) is 0 Å². The molecule has 1 fully saturated rings. The van der Waals surface area contributed by atoms with E-state index in [2.05, 4.69) is 50.6 Å². The number of guanidine groups is 1. The Morgan fingerprint density at radius 1 is 1.19 bits per heavy atom. The Hall–Kier alpha value is -2.07. The van der Waals surface area contributed by atoms with Crippen LogP contribution in [-0.4, -0.2) is 57.4 Å². The van der Waals surface area contributed by atoms with Crippen molar-refractivity contribution in [3.63, 3.8) is 0 Å². The zero-order chi connectivity index (χ0) is 21.9. The molecule has 0 amide bonds. The lowest BCUT2D eigenvalue weighted by atomic mass is 10.1. The summed E-state index contributed by atoms with van der Waals surface area (Å²) >= 11 is 0. The number of halogens is 1. The molecule has 1 unspecified atom stereocenters. The molecule has 0 saturated carbocycles. The molecular formula is C24H36IN5O2. The monoisotopic (exact) mass is 553 g/mol. The summed E-state index contributed by atoms with van der Waals surface area (Å²) in [4.78, 5) is 11.2. The highest BCUT2D eigenvalue weighted by molar-refractivity contribution is 14.0. The van der Waals surface area contributed by atoms with Gasteiger partial charge in [-0.25, -0.2) is 4.98 Å². The molecule has 32 heavy (non-hydrogen) atoms. The van der Waals surface area contributed by atoms with Gasteiger partial charge in [-0.3, -0.25) is 4.99 Å². The van der Waals surface area contributed by atoms with Crippen LogP contribution in [0.1, 0.15) is 30.9 Å². The van der Waals surface area contributed by atoms with Crippen LogP contribution in [0.5, 0.6) is 5.75 Å². The summed E-state index contributed by atoms with van der Waals surface area (Å²) in [6.45, 7) is 6.21. The maximum atomic E-state index is 5.63. The van der Waals surface area contributed by atoms with Gasteiger partial charge in [-0.2, -0.15) is 0 Å². The fourth-order valence-corrected chi connectivity index (χ4v) is 3.63. The first-order chi connectivity index (χ1) is 15.2. The first-order valence-electron chi connectivity index (χ1n) is 11.1. The van der Waals surface area contributed by atoms with Crippen molar-refractivity contribution in [1.29, 1.82) is 0 Å². The molecule has 1 aromatic heterocycles. The summed E-state index contributed by atoms with van der Waals surface area (Å²) in [6, 6.07) is 12.5. The number of anilines is 1. The lowest BCUT2D eigenvalue weighted by Crippen LogP contribution is -2.41. The molecule has 1 saturated heterocycles. The van der Waals surface area contributed by atoms with Gasteiger partial charge in [0.15, 0.2) is 5.96 Å². The van der Waals surface area contributed by atoms with Crippen LogP contribution >= 0.6 is 24.0 Å². The third kappa shape index (κ3) is 8.46. The fourth-order valence-electron chi connectivity index (χ4n) is 3.63.